The van der Waals surface area contributed by atoms with Crippen LogP contribution in [-0.4, -0.2) is 39.5 Å². The molecule has 4 aromatic rings. The number of nitrogens with zero attached hydrogens (tertiary/aromatic N) is 2. The fraction of sp³-hybridized carbons (Fsp3) is 0.273. The first kappa shape index (κ1) is 28.7. The zero-order valence-corrected chi connectivity index (χ0v) is 25.7. The lowest BCUT2D eigenvalue weighted by Gasteiger charge is -2.43. The number of rotatable bonds is 7. The summed E-state index contributed by atoms with van der Waals surface area (Å²) in [5.74, 6) is -1.47. The molecule has 0 radical (unpaired) electrons. The van der Waals surface area contributed by atoms with Gasteiger partial charge < -0.3 is 15.0 Å². The van der Waals surface area contributed by atoms with Crippen LogP contribution < -0.4 is 19.8 Å². The number of nitro benzene ring substituents is 1. The van der Waals surface area contributed by atoms with Gasteiger partial charge in [-0.3, -0.25) is 34.2 Å². The van der Waals surface area contributed by atoms with Gasteiger partial charge in [-0.2, -0.15) is 0 Å². The third-order valence-corrected chi connectivity index (χ3v) is 12.3. The zero-order valence-electron chi connectivity index (χ0n) is 24.0. The third-order valence-electron chi connectivity index (χ3n) is 9.71. The average molecular weight is 655 g/mol. The van der Waals surface area contributed by atoms with E-state index in [1.165, 1.54) is 40.5 Å². The summed E-state index contributed by atoms with van der Waals surface area (Å²) in [5.41, 5.74) is 1.89. The highest BCUT2D eigenvalue weighted by Crippen LogP contribution is 2.68. The van der Waals surface area contributed by atoms with Crippen LogP contribution in [0.2, 0.25) is 0 Å². The van der Waals surface area contributed by atoms with Crippen LogP contribution in [0.4, 0.5) is 17.1 Å². The maximum atomic E-state index is 13.9. The van der Waals surface area contributed by atoms with Gasteiger partial charge in [-0.05, 0) is 66.1 Å². The number of aromatic amines is 1. The minimum atomic E-state index is -0.515. The summed E-state index contributed by atoms with van der Waals surface area (Å²) in [7, 11) is 0. The van der Waals surface area contributed by atoms with E-state index in [9.17, 15) is 29.3 Å². The number of imide groups is 1. The van der Waals surface area contributed by atoms with Crippen LogP contribution in [0.5, 0.6) is 5.75 Å². The number of aromatic nitrogens is 1. The van der Waals surface area contributed by atoms with E-state index in [0.717, 1.165) is 21.9 Å². The highest BCUT2D eigenvalue weighted by Gasteiger charge is 2.69. The summed E-state index contributed by atoms with van der Waals surface area (Å²) in [6.45, 7) is -0.156. The van der Waals surface area contributed by atoms with Crippen LogP contribution in [0.1, 0.15) is 22.8 Å². The minimum Gasteiger partial charge on any atom is -0.484 e. The molecule has 232 valence electrons. The van der Waals surface area contributed by atoms with Gasteiger partial charge in [0.15, 0.2) is 6.61 Å². The Balaban J connectivity index is 1.06. The first-order chi connectivity index (χ1) is 22.3. The number of anilines is 2. The third kappa shape index (κ3) is 4.56. The smallest absolute Gasteiger partial charge is 0.305 e. The molecule has 8 rings (SSSR count). The summed E-state index contributed by atoms with van der Waals surface area (Å²) >= 11 is 2.79. The Bertz CT molecular complexity index is 1940. The second kappa shape index (κ2) is 11.0. The molecule has 2 aliphatic carbocycles. The van der Waals surface area contributed by atoms with Gasteiger partial charge in [0, 0.05) is 33.9 Å². The van der Waals surface area contributed by atoms with Crippen molar-refractivity contribution in [3.63, 3.8) is 0 Å². The molecular weight excluding hydrogens is 629 g/mol. The van der Waals surface area contributed by atoms with Crippen molar-refractivity contribution in [2.75, 3.05) is 16.8 Å². The van der Waals surface area contributed by atoms with Gasteiger partial charge in [0.1, 0.15) is 5.75 Å². The van der Waals surface area contributed by atoms with E-state index in [1.54, 1.807) is 23.9 Å². The van der Waals surface area contributed by atoms with Crippen LogP contribution in [0.25, 0.3) is 0 Å². The molecule has 46 heavy (non-hydrogen) atoms. The highest BCUT2D eigenvalue weighted by molar-refractivity contribution is 8.00. The molecule has 3 fully saturated rings. The normalized spacial score (nSPS) is 27.2. The molecule has 2 N–H and O–H groups in total. The number of para-hydroxylation sites is 1. The van der Waals surface area contributed by atoms with Gasteiger partial charge in [-0.25, -0.2) is 0 Å². The number of hydrogen-bond donors (Lipinski definition) is 2. The van der Waals surface area contributed by atoms with E-state index >= 15 is 0 Å². The molecule has 11 nitrogen and oxygen atoms in total. The number of benzene rings is 3. The molecule has 3 aromatic carbocycles. The van der Waals surface area contributed by atoms with Crippen LogP contribution in [-0.2, 0) is 14.4 Å². The van der Waals surface area contributed by atoms with Crippen molar-refractivity contribution < 1.29 is 24.0 Å². The largest absolute Gasteiger partial charge is 0.484 e. The molecule has 7 atom stereocenters. The molecule has 0 spiro atoms. The van der Waals surface area contributed by atoms with E-state index in [0.29, 0.717) is 17.1 Å². The number of ether oxygens (including phenoxy) is 1. The fourth-order valence-corrected chi connectivity index (χ4v) is 10.9. The number of thioether (sulfide) groups is 1. The van der Waals surface area contributed by atoms with Gasteiger partial charge in [0.05, 0.1) is 27.5 Å². The Labute approximate surface area is 270 Å². The van der Waals surface area contributed by atoms with Crippen LogP contribution in [0.3, 0.4) is 0 Å². The lowest BCUT2D eigenvalue weighted by Crippen LogP contribution is -2.42. The van der Waals surface area contributed by atoms with E-state index in [2.05, 4.69) is 10.3 Å². The van der Waals surface area contributed by atoms with Crippen molar-refractivity contribution in [3.8, 4) is 5.75 Å². The second-order valence-corrected chi connectivity index (χ2v) is 14.2. The number of thiazole rings is 1. The van der Waals surface area contributed by atoms with Gasteiger partial charge in [0.2, 0.25) is 11.8 Å². The first-order valence-corrected chi connectivity index (χ1v) is 16.6. The van der Waals surface area contributed by atoms with E-state index < -0.39 is 16.8 Å². The molecule has 4 aliphatic rings. The minimum absolute atomic E-state index is 0.0205. The SMILES string of the molecule is O=C(COc1ccc([C@H]2c3sc(=O)[nH]c3SC3C4CC(C5C(=O)N(c6ccc([N+](=O)[O-])cc6)C(=O)C45)C32)cc1)Nc1ccccc1. The number of non-ortho nitro benzene ring substituents is 1. The summed E-state index contributed by atoms with van der Waals surface area (Å²) < 4.78 is 5.75. The topological polar surface area (TPSA) is 152 Å². The number of amides is 3. The molecule has 13 heteroatoms. The summed E-state index contributed by atoms with van der Waals surface area (Å²) in [6.07, 6.45) is 0.747. The number of nitrogens with one attached hydrogen (secondary N) is 2. The summed E-state index contributed by atoms with van der Waals surface area (Å²) in [4.78, 5) is 68.3. The Morgan fingerprint density at radius 3 is 2.35 bits per heavy atom. The first-order valence-electron chi connectivity index (χ1n) is 14.9. The number of fused-ring (bicyclic) bond motifs is 9. The van der Waals surface area contributed by atoms with Gasteiger partial charge in [0.25, 0.3) is 11.6 Å². The quantitative estimate of drug-likeness (QED) is 0.160. The molecule has 3 heterocycles. The molecule has 2 saturated carbocycles. The van der Waals surface area contributed by atoms with Crippen molar-refractivity contribution >= 4 is 57.9 Å². The standard InChI is InChI=1S/C33H26N4O7S2/c38-23(34-17-4-2-1-3-5-17)15-44-20-12-6-16(7-13-20)24-25-21-14-22(28(25)45-30-29(24)46-33(41)35-30)27-26(21)31(39)36(32(27)40)18-8-10-19(11-9-18)37(42)43/h1-13,21-22,24-28H,14-15H2,(H,34,38)(H,35,41)/t21?,22?,24-,25?,26?,27?,28?/m1/s1. The summed E-state index contributed by atoms with van der Waals surface area (Å²) in [5, 5.41) is 14.8. The Kier molecular flexibility index (Phi) is 6.83. The molecule has 1 saturated heterocycles. The van der Waals surface area contributed by atoms with Gasteiger partial charge in [-0.1, -0.05) is 41.7 Å². The van der Waals surface area contributed by atoms with Crippen molar-refractivity contribution in [3.05, 3.63) is 109 Å². The van der Waals surface area contributed by atoms with Crippen molar-refractivity contribution in [1.29, 1.82) is 0 Å². The molecular formula is C33H26N4O7S2. The van der Waals surface area contributed by atoms with Crippen LogP contribution in [0, 0.1) is 39.7 Å². The number of carbonyl (C=O) groups is 3. The number of nitro groups is 1. The maximum Gasteiger partial charge on any atom is 0.305 e. The lowest BCUT2D eigenvalue weighted by atomic mass is 9.68. The Morgan fingerprint density at radius 2 is 1.65 bits per heavy atom. The van der Waals surface area contributed by atoms with E-state index in [-0.39, 0.29) is 63.8 Å². The van der Waals surface area contributed by atoms with Crippen LogP contribution >= 0.6 is 23.1 Å². The molecule has 2 aliphatic heterocycles. The van der Waals surface area contributed by atoms with Crippen LogP contribution in [0.15, 0.2) is 88.7 Å². The number of hydrogen-bond acceptors (Lipinski definition) is 9. The number of carbonyl (C=O) groups excluding carboxylic acids is 3. The van der Waals surface area contributed by atoms with Gasteiger partial charge >= 0.3 is 4.87 Å². The monoisotopic (exact) mass is 654 g/mol. The molecule has 6 unspecified atom stereocenters. The fourth-order valence-electron chi connectivity index (χ4n) is 8.01. The van der Waals surface area contributed by atoms with E-state index in [1.807, 2.05) is 42.5 Å². The predicted molar refractivity (Wildman–Crippen MR) is 171 cm³/mol. The predicted octanol–water partition coefficient (Wildman–Crippen LogP) is 5.04. The van der Waals surface area contributed by atoms with E-state index in [4.69, 9.17) is 4.74 Å². The van der Waals surface area contributed by atoms with Crippen molar-refractivity contribution in [2.45, 2.75) is 22.6 Å². The number of H-pyrrole nitrogens is 1. The molecule has 1 aromatic heterocycles. The average Bonchev–Trinajstić information content (AvgIpc) is 3.79. The highest BCUT2D eigenvalue weighted by atomic mass is 32.2. The van der Waals surface area contributed by atoms with Crippen molar-refractivity contribution in [1.82, 2.24) is 4.98 Å². The molecule has 3 amide bonds. The Morgan fingerprint density at radius 1 is 0.957 bits per heavy atom. The molecule has 2 bridgehead atoms. The van der Waals surface area contributed by atoms with Crippen molar-refractivity contribution in [2.24, 2.45) is 29.6 Å². The lowest BCUT2D eigenvalue weighted by molar-refractivity contribution is -0.384. The zero-order chi connectivity index (χ0) is 31.7. The Hall–Kier alpha value is -4.75. The van der Waals surface area contributed by atoms with Gasteiger partial charge in [-0.15, -0.1) is 11.8 Å². The summed E-state index contributed by atoms with van der Waals surface area (Å²) in [6, 6.07) is 22.2. The maximum absolute atomic E-state index is 13.9. The second-order valence-electron chi connectivity index (χ2n) is 12.0.